The topological polar surface area (TPSA) is 23.5 Å². The van der Waals surface area contributed by atoms with Crippen LogP contribution < -0.4 is 0 Å². The summed E-state index contributed by atoms with van der Waals surface area (Å²) < 4.78 is 2.03. The van der Waals surface area contributed by atoms with Crippen molar-refractivity contribution in [1.82, 2.24) is 4.31 Å². The van der Waals surface area contributed by atoms with E-state index in [1.165, 1.54) is 27.1 Å². The van der Waals surface area contributed by atoms with Gasteiger partial charge in [0, 0.05) is 17.5 Å². The molecule has 2 nitrogen and oxygen atoms in total. The van der Waals surface area contributed by atoms with Crippen LogP contribution in [0.2, 0.25) is 0 Å². The fourth-order valence-electron chi connectivity index (χ4n) is 2.21. The molecule has 0 fully saturated rings. The van der Waals surface area contributed by atoms with Gasteiger partial charge >= 0.3 is 0 Å². The predicted molar refractivity (Wildman–Crippen MR) is 74.2 cm³/mol. The van der Waals surface area contributed by atoms with Crippen LogP contribution in [0, 0.1) is 27.7 Å². The molecule has 1 aromatic carbocycles. The van der Waals surface area contributed by atoms with Crippen LogP contribution in [0.3, 0.4) is 0 Å². The van der Waals surface area contributed by atoms with Gasteiger partial charge in [0.25, 0.3) is 0 Å². The molecule has 0 aromatic heterocycles. The minimum Gasteiger partial charge on any atom is -0.505 e. The van der Waals surface area contributed by atoms with Crippen molar-refractivity contribution >= 4 is 17.7 Å². The summed E-state index contributed by atoms with van der Waals surface area (Å²) in [4.78, 5) is 1.19. The number of aliphatic hydroxyl groups is 1. The lowest BCUT2D eigenvalue weighted by molar-refractivity contribution is 0.484. The van der Waals surface area contributed by atoms with Gasteiger partial charge < -0.3 is 9.41 Å². The Labute approximate surface area is 107 Å². The average molecular weight is 249 g/mol. The van der Waals surface area contributed by atoms with E-state index in [1.54, 1.807) is 11.9 Å². The highest BCUT2D eigenvalue weighted by atomic mass is 32.2. The van der Waals surface area contributed by atoms with Crippen LogP contribution in [-0.2, 0) is 0 Å². The van der Waals surface area contributed by atoms with Gasteiger partial charge in [0.15, 0.2) is 0 Å². The first-order valence-corrected chi connectivity index (χ1v) is 6.55. The molecule has 0 unspecified atom stereocenters. The third-order valence-corrected chi connectivity index (χ3v) is 5.15. The minimum absolute atomic E-state index is 0.421. The van der Waals surface area contributed by atoms with Crippen molar-refractivity contribution < 1.29 is 5.11 Å². The number of hydrogen-bond acceptors (Lipinski definition) is 3. The van der Waals surface area contributed by atoms with Crippen LogP contribution in [0.1, 0.15) is 34.7 Å². The normalized spacial score (nSPS) is 15.3. The van der Waals surface area contributed by atoms with E-state index in [0.717, 1.165) is 11.3 Å². The maximum Gasteiger partial charge on any atom is 0.143 e. The lowest BCUT2D eigenvalue weighted by Gasteiger charge is -2.30. The molecule has 0 saturated carbocycles. The molecule has 0 saturated heterocycles. The zero-order chi connectivity index (χ0) is 12.9. The molecule has 1 aliphatic heterocycles. The van der Waals surface area contributed by atoms with E-state index >= 15 is 0 Å². The molecule has 2 rings (SSSR count). The fourth-order valence-corrected chi connectivity index (χ4v) is 3.34. The molecule has 17 heavy (non-hydrogen) atoms. The second-order valence-electron chi connectivity index (χ2n) is 4.73. The van der Waals surface area contributed by atoms with E-state index in [9.17, 15) is 5.11 Å². The summed E-state index contributed by atoms with van der Waals surface area (Å²) in [6.45, 7) is 10.5. The van der Waals surface area contributed by atoms with E-state index in [1.807, 2.05) is 18.3 Å². The van der Waals surface area contributed by atoms with Gasteiger partial charge in [-0.2, -0.15) is 0 Å². The Bertz CT molecular complexity index is 532. The van der Waals surface area contributed by atoms with Gasteiger partial charge in [0.05, 0.1) is 5.70 Å². The van der Waals surface area contributed by atoms with Crippen LogP contribution >= 0.6 is 11.9 Å². The largest absolute Gasteiger partial charge is 0.505 e. The van der Waals surface area contributed by atoms with E-state index in [-0.39, 0.29) is 0 Å². The van der Waals surface area contributed by atoms with Gasteiger partial charge in [0.1, 0.15) is 5.76 Å². The third kappa shape index (κ3) is 1.64. The second kappa shape index (κ2) is 3.98. The fraction of sp³-hybridized carbons (Fsp3) is 0.429. The van der Waals surface area contributed by atoms with E-state index in [4.69, 9.17) is 0 Å². The summed E-state index contributed by atoms with van der Waals surface area (Å²) in [6, 6.07) is 0. The first-order valence-electron chi connectivity index (χ1n) is 5.78. The van der Waals surface area contributed by atoms with Gasteiger partial charge in [-0.15, -0.1) is 0 Å². The SMILES string of the molecule is CC1=C(O)c2c(C)c(C)c(C)c(C)c2SN1C. The Kier molecular flexibility index (Phi) is 2.90. The maximum atomic E-state index is 10.3. The number of aliphatic hydroxyl groups excluding tert-OH is 1. The van der Waals surface area contributed by atoms with Crippen molar-refractivity contribution in [2.24, 2.45) is 0 Å². The number of benzene rings is 1. The molecule has 1 aromatic rings. The summed E-state index contributed by atoms with van der Waals surface area (Å²) in [5.41, 5.74) is 7.03. The van der Waals surface area contributed by atoms with E-state index in [2.05, 4.69) is 27.7 Å². The molecular formula is C14H19NOS. The molecule has 0 radical (unpaired) electrons. The molecule has 92 valence electrons. The third-order valence-electron chi connectivity index (χ3n) is 3.91. The van der Waals surface area contributed by atoms with Crippen LogP contribution in [-0.4, -0.2) is 16.5 Å². The average Bonchev–Trinajstić information content (AvgIpc) is 2.30. The number of fused-ring (bicyclic) bond motifs is 1. The first-order chi connectivity index (χ1) is 7.86. The van der Waals surface area contributed by atoms with Crippen molar-refractivity contribution in [3.05, 3.63) is 33.5 Å². The molecule has 0 amide bonds. The summed E-state index contributed by atoms with van der Waals surface area (Å²) in [7, 11) is 1.99. The van der Waals surface area contributed by atoms with Gasteiger partial charge in [-0.05, 0) is 68.8 Å². The van der Waals surface area contributed by atoms with Gasteiger partial charge in [-0.1, -0.05) is 0 Å². The lowest BCUT2D eigenvalue weighted by Crippen LogP contribution is -2.16. The second-order valence-corrected chi connectivity index (χ2v) is 5.87. The Morgan fingerprint density at radius 1 is 0.882 bits per heavy atom. The van der Waals surface area contributed by atoms with E-state index < -0.39 is 0 Å². The molecule has 1 N–H and O–H groups in total. The van der Waals surface area contributed by atoms with Gasteiger partial charge in [-0.25, -0.2) is 0 Å². The molecule has 3 heteroatoms. The molecule has 0 bridgehead atoms. The number of hydrogen-bond donors (Lipinski definition) is 1. The quantitative estimate of drug-likeness (QED) is 0.700. The standard InChI is InChI=1S/C14H19NOS/c1-7-8(2)10(4)14-12(9(7)3)13(16)11(5)15(6)17-14/h16H,1-6H3. The predicted octanol–water partition coefficient (Wildman–Crippen LogP) is 4.12. The summed E-state index contributed by atoms with van der Waals surface area (Å²) in [5, 5.41) is 10.3. The highest BCUT2D eigenvalue weighted by molar-refractivity contribution is 7.97. The van der Waals surface area contributed by atoms with Gasteiger partial charge in [0.2, 0.25) is 0 Å². The molecule has 0 aliphatic carbocycles. The Morgan fingerprint density at radius 3 is 2.00 bits per heavy atom. The summed E-state index contributed by atoms with van der Waals surface area (Å²) >= 11 is 1.70. The molecule has 1 aliphatic rings. The first kappa shape index (κ1) is 12.4. The molecule has 1 heterocycles. The Morgan fingerprint density at radius 2 is 1.41 bits per heavy atom. The maximum absolute atomic E-state index is 10.3. The van der Waals surface area contributed by atoms with E-state index in [0.29, 0.717) is 5.76 Å². The van der Waals surface area contributed by atoms with Crippen LogP contribution in [0.5, 0.6) is 0 Å². The highest BCUT2D eigenvalue weighted by Crippen LogP contribution is 2.44. The monoisotopic (exact) mass is 249 g/mol. The number of rotatable bonds is 0. The molecule has 0 atom stereocenters. The number of nitrogens with zero attached hydrogens (tertiary/aromatic N) is 1. The lowest BCUT2D eigenvalue weighted by atomic mass is 9.93. The highest BCUT2D eigenvalue weighted by Gasteiger charge is 2.26. The van der Waals surface area contributed by atoms with Crippen molar-refractivity contribution in [2.45, 2.75) is 39.5 Å². The number of allylic oxidation sites excluding steroid dienone is 1. The van der Waals surface area contributed by atoms with Gasteiger partial charge in [-0.3, -0.25) is 0 Å². The molecule has 0 spiro atoms. The van der Waals surface area contributed by atoms with Crippen molar-refractivity contribution in [1.29, 1.82) is 0 Å². The van der Waals surface area contributed by atoms with Crippen LogP contribution in [0.15, 0.2) is 10.6 Å². The van der Waals surface area contributed by atoms with Crippen LogP contribution in [0.4, 0.5) is 0 Å². The summed E-state index contributed by atoms with van der Waals surface area (Å²) in [5.74, 6) is 0.421. The Balaban J connectivity index is 2.85. The zero-order valence-electron chi connectivity index (χ0n) is 11.3. The Hall–Kier alpha value is -1.09. The van der Waals surface area contributed by atoms with Crippen molar-refractivity contribution in [3.8, 4) is 0 Å². The smallest absolute Gasteiger partial charge is 0.143 e. The van der Waals surface area contributed by atoms with Crippen LogP contribution in [0.25, 0.3) is 5.76 Å². The minimum atomic E-state index is 0.421. The van der Waals surface area contributed by atoms with Crippen molar-refractivity contribution in [3.63, 3.8) is 0 Å². The summed E-state index contributed by atoms with van der Waals surface area (Å²) in [6.07, 6.45) is 0. The zero-order valence-corrected chi connectivity index (χ0v) is 12.1. The van der Waals surface area contributed by atoms with Crippen molar-refractivity contribution in [2.75, 3.05) is 7.05 Å². The molecular weight excluding hydrogens is 230 g/mol.